The molecule has 2 aromatic carbocycles. The largest absolute Gasteiger partial charge is 0.495 e. The van der Waals surface area contributed by atoms with Gasteiger partial charge in [-0.3, -0.25) is 14.4 Å². The van der Waals surface area contributed by atoms with Gasteiger partial charge in [-0.25, -0.2) is 0 Å². The summed E-state index contributed by atoms with van der Waals surface area (Å²) in [7, 11) is 1.41. The fraction of sp³-hybridized carbons (Fsp3) is 0.167. The molecule has 0 unspecified atom stereocenters. The topological polar surface area (TPSA) is 105 Å². The molecular formula is C18H16Cl2N2O5. The first-order valence-electron chi connectivity index (χ1n) is 7.76. The zero-order valence-electron chi connectivity index (χ0n) is 14.2. The van der Waals surface area contributed by atoms with Crippen LogP contribution >= 0.6 is 23.2 Å². The Morgan fingerprint density at radius 1 is 1.00 bits per heavy atom. The van der Waals surface area contributed by atoms with Gasteiger partial charge in [0.1, 0.15) is 5.75 Å². The molecule has 7 nitrogen and oxygen atoms in total. The third kappa shape index (κ3) is 5.87. The van der Waals surface area contributed by atoms with Crippen LogP contribution in [0, 0.1) is 0 Å². The molecule has 0 aromatic heterocycles. The normalized spacial score (nSPS) is 10.2. The molecule has 0 radical (unpaired) electrons. The third-order valence-electron chi connectivity index (χ3n) is 3.48. The van der Waals surface area contributed by atoms with Crippen LogP contribution in [0.2, 0.25) is 10.0 Å². The molecule has 0 atom stereocenters. The van der Waals surface area contributed by atoms with Gasteiger partial charge in [-0.05, 0) is 36.4 Å². The summed E-state index contributed by atoms with van der Waals surface area (Å²) in [4.78, 5) is 34.9. The molecule has 0 aliphatic carbocycles. The van der Waals surface area contributed by atoms with E-state index in [2.05, 4.69) is 10.6 Å². The zero-order chi connectivity index (χ0) is 20.0. The number of amides is 2. The van der Waals surface area contributed by atoms with E-state index in [-0.39, 0.29) is 24.1 Å². The summed E-state index contributed by atoms with van der Waals surface area (Å²) in [5.74, 6) is -1.67. The van der Waals surface area contributed by atoms with Crippen molar-refractivity contribution in [2.24, 2.45) is 0 Å². The highest BCUT2D eigenvalue weighted by Gasteiger charge is 2.14. The molecule has 0 heterocycles. The molecule has 0 aliphatic rings. The van der Waals surface area contributed by atoms with E-state index >= 15 is 0 Å². The molecule has 2 aromatic rings. The lowest BCUT2D eigenvalue weighted by Gasteiger charge is -2.12. The number of nitrogens with one attached hydrogen (secondary N) is 2. The first-order chi connectivity index (χ1) is 12.8. The summed E-state index contributed by atoms with van der Waals surface area (Å²) in [6.07, 6.45) is -0.496. The lowest BCUT2D eigenvalue weighted by atomic mass is 10.1. The second-order valence-corrected chi connectivity index (χ2v) is 6.25. The first-order valence-corrected chi connectivity index (χ1v) is 8.52. The number of rotatable bonds is 7. The van der Waals surface area contributed by atoms with Gasteiger partial charge in [0, 0.05) is 17.7 Å². The van der Waals surface area contributed by atoms with Crippen LogP contribution in [0.15, 0.2) is 36.4 Å². The molecule has 142 valence electrons. The molecule has 27 heavy (non-hydrogen) atoms. The van der Waals surface area contributed by atoms with Crippen molar-refractivity contribution in [3.05, 3.63) is 52.0 Å². The molecule has 0 saturated heterocycles. The van der Waals surface area contributed by atoms with Crippen LogP contribution in [0.4, 0.5) is 11.4 Å². The molecular weight excluding hydrogens is 395 g/mol. The fourth-order valence-corrected chi connectivity index (χ4v) is 2.46. The van der Waals surface area contributed by atoms with E-state index in [1.807, 2.05) is 0 Å². The van der Waals surface area contributed by atoms with E-state index in [0.29, 0.717) is 21.5 Å². The quantitative estimate of drug-likeness (QED) is 0.638. The SMILES string of the molecule is COc1ccc(C(=O)Nc2ccc(Cl)c(Cl)c2)cc1NC(=O)CCC(=O)O. The third-order valence-corrected chi connectivity index (χ3v) is 4.22. The highest BCUT2D eigenvalue weighted by atomic mass is 35.5. The van der Waals surface area contributed by atoms with E-state index in [1.165, 1.54) is 31.4 Å². The van der Waals surface area contributed by atoms with Crippen LogP contribution in [-0.4, -0.2) is 30.0 Å². The van der Waals surface area contributed by atoms with E-state index in [4.69, 9.17) is 33.0 Å². The van der Waals surface area contributed by atoms with Crippen molar-refractivity contribution in [3.8, 4) is 5.75 Å². The van der Waals surface area contributed by atoms with Gasteiger partial charge in [0.25, 0.3) is 5.91 Å². The van der Waals surface area contributed by atoms with Crippen molar-refractivity contribution in [2.75, 3.05) is 17.7 Å². The van der Waals surface area contributed by atoms with Crippen molar-refractivity contribution in [3.63, 3.8) is 0 Å². The van der Waals surface area contributed by atoms with Gasteiger partial charge >= 0.3 is 5.97 Å². The first kappa shape index (κ1) is 20.5. The van der Waals surface area contributed by atoms with Gasteiger partial charge in [-0.1, -0.05) is 23.2 Å². The Labute approximate surface area is 165 Å². The van der Waals surface area contributed by atoms with Gasteiger partial charge in [0.05, 0.1) is 29.3 Å². The van der Waals surface area contributed by atoms with Crippen LogP contribution < -0.4 is 15.4 Å². The number of ether oxygens (including phenoxy) is 1. The van der Waals surface area contributed by atoms with Gasteiger partial charge in [-0.2, -0.15) is 0 Å². The van der Waals surface area contributed by atoms with Crippen LogP contribution in [0.1, 0.15) is 23.2 Å². The zero-order valence-corrected chi connectivity index (χ0v) is 15.7. The van der Waals surface area contributed by atoms with Crippen molar-refractivity contribution < 1.29 is 24.2 Å². The minimum Gasteiger partial charge on any atom is -0.495 e. The van der Waals surface area contributed by atoms with Gasteiger partial charge in [0.2, 0.25) is 5.91 Å². The highest BCUT2D eigenvalue weighted by molar-refractivity contribution is 6.42. The maximum atomic E-state index is 12.4. The maximum Gasteiger partial charge on any atom is 0.303 e. The Bertz CT molecular complexity index is 886. The number of carboxylic acid groups (broad SMARTS) is 1. The number of carbonyl (C=O) groups excluding carboxylic acids is 2. The van der Waals surface area contributed by atoms with Crippen molar-refractivity contribution in [1.29, 1.82) is 0 Å². The number of halogens is 2. The molecule has 3 N–H and O–H groups in total. The number of anilines is 2. The second kappa shape index (κ2) is 9.25. The van der Waals surface area contributed by atoms with Crippen molar-refractivity contribution >= 4 is 52.4 Å². The van der Waals surface area contributed by atoms with E-state index in [9.17, 15) is 14.4 Å². The second-order valence-electron chi connectivity index (χ2n) is 5.44. The minimum absolute atomic E-state index is 0.196. The Balaban J connectivity index is 2.16. The number of methoxy groups -OCH3 is 1. The summed E-state index contributed by atoms with van der Waals surface area (Å²) in [5.41, 5.74) is 0.974. The minimum atomic E-state index is -1.08. The molecule has 2 amide bonds. The maximum absolute atomic E-state index is 12.4. The fourth-order valence-electron chi connectivity index (χ4n) is 2.16. The lowest BCUT2D eigenvalue weighted by molar-refractivity contribution is -0.138. The standard InChI is InChI=1S/C18H16Cl2N2O5/c1-27-15-5-2-10(8-14(15)22-16(23)6-7-17(24)25)18(26)21-11-3-4-12(19)13(20)9-11/h2-5,8-9H,6-7H2,1H3,(H,21,26)(H,22,23)(H,24,25). The Morgan fingerprint density at radius 2 is 1.74 bits per heavy atom. The summed E-state index contributed by atoms with van der Waals surface area (Å²) in [6, 6.07) is 9.16. The molecule has 0 fully saturated rings. The Morgan fingerprint density at radius 3 is 2.37 bits per heavy atom. The molecule has 2 rings (SSSR count). The number of aliphatic carboxylic acids is 1. The molecule has 0 spiro atoms. The molecule has 9 heteroatoms. The summed E-state index contributed by atoms with van der Waals surface area (Å²) in [5, 5.41) is 14.5. The number of carbonyl (C=O) groups is 3. The van der Waals surface area contributed by atoms with Gasteiger partial charge in [0.15, 0.2) is 0 Å². The number of hydrogen-bond acceptors (Lipinski definition) is 4. The summed E-state index contributed by atoms with van der Waals surface area (Å²) < 4.78 is 5.16. The van der Waals surface area contributed by atoms with Crippen LogP contribution in [0.3, 0.4) is 0 Å². The average Bonchev–Trinajstić information content (AvgIpc) is 2.63. The average molecular weight is 411 g/mol. The number of benzene rings is 2. The number of carboxylic acids is 1. The number of hydrogen-bond donors (Lipinski definition) is 3. The van der Waals surface area contributed by atoms with Crippen LogP contribution in [-0.2, 0) is 9.59 Å². The summed E-state index contributed by atoms with van der Waals surface area (Å²) >= 11 is 11.8. The van der Waals surface area contributed by atoms with E-state index < -0.39 is 17.8 Å². The molecule has 0 aliphatic heterocycles. The van der Waals surface area contributed by atoms with E-state index in [1.54, 1.807) is 12.1 Å². The monoisotopic (exact) mass is 410 g/mol. The van der Waals surface area contributed by atoms with Crippen molar-refractivity contribution in [2.45, 2.75) is 12.8 Å². The Hall–Kier alpha value is -2.77. The summed E-state index contributed by atoms with van der Waals surface area (Å²) in [6.45, 7) is 0. The predicted octanol–water partition coefficient (Wildman–Crippen LogP) is 4.06. The van der Waals surface area contributed by atoms with E-state index in [0.717, 1.165) is 0 Å². The highest BCUT2D eigenvalue weighted by Crippen LogP contribution is 2.28. The smallest absolute Gasteiger partial charge is 0.303 e. The Kier molecular flexibility index (Phi) is 7.04. The molecule has 0 bridgehead atoms. The predicted molar refractivity (Wildman–Crippen MR) is 103 cm³/mol. The van der Waals surface area contributed by atoms with Gasteiger partial charge < -0.3 is 20.5 Å². The molecule has 0 saturated carbocycles. The van der Waals surface area contributed by atoms with Crippen molar-refractivity contribution in [1.82, 2.24) is 0 Å². The van der Waals surface area contributed by atoms with Gasteiger partial charge in [-0.15, -0.1) is 0 Å². The lowest BCUT2D eigenvalue weighted by Crippen LogP contribution is -2.16. The van der Waals surface area contributed by atoms with Crippen LogP contribution in [0.25, 0.3) is 0 Å². The van der Waals surface area contributed by atoms with Crippen LogP contribution in [0.5, 0.6) is 5.75 Å².